The number of aromatic nitrogens is 1. The summed E-state index contributed by atoms with van der Waals surface area (Å²) in [5, 5.41) is 3.10. The first-order valence-corrected chi connectivity index (χ1v) is 11.5. The number of carbonyl (C=O) groups is 1. The first kappa shape index (κ1) is 22.9. The summed E-state index contributed by atoms with van der Waals surface area (Å²) in [6.45, 7) is 2.20. The highest BCUT2D eigenvalue weighted by Gasteiger charge is 2.28. The van der Waals surface area contributed by atoms with Crippen molar-refractivity contribution in [1.82, 2.24) is 15.2 Å². The molecule has 1 unspecified atom stereocenters. The first-order valence-electron chi connectivity index (χ1n) is 11.5. The van der Waals surface area contributed by atoms with Crippen LogP contribution in [0.2, 0.25) is 0 Å². The Morgan fingerprint density at radius 3 is 2.76 bits per heavy atom. The highest BCUT2D eigenvalue weighted by Crippen LogP contribution is 2.31. The summed E-state index contributed by atoms with van der Waals surface area (Å²) in [6, 6.07) is 18.3. The Balaban J connectivity index is 1.38. The monoisotopic (exact) mass is 447 g/mol. The largest absolute Gasteiger partial charge is 0.496 e. The summed E-state index contributed by atoms with van der Waals surface area (Å²) < 4.78 is 19.1. The summed E-state index contributed by atoms with van der Waals surface area (Å²) in [7, 11) is 1.59. The Bertz CT molecular complexity index is 1060. The van der Waals surface area contributed by atoms with Crippen molar-refractivity contribution in [2.45, 2.75) is 38.3 Å². The molecule has 3 aromatic rings. The molecule has 1 N–H and O–H groups in total. The Kier molecular flexibility index (Phi) is 7.68. The normalized spacial score (nSPS) is 16.4. The van der Waals surface area contributed by atoms with Gasteiger partial charge in [0.05, 0.1) is 13.2 Å². The number of nitrogens with zero attached hydrogens (tertiary/aromatic N) is 2. The lowest BCUT2D eigenvalue weighted by Crippen LogP contribution is -2.49. The van der Waals surface area contributed by atoms with Gasteiger partial charge in [-0.1, -0.05) is 36.8 Å². The number of hydrogen-bond donors (Lipinski definition) is 1. The molecule has 1 atom stereocenters. The van der Waals surface area contributed by atoms with Crippen molar-refractivity contribution in [3.63, 3.8) is 0 Å². The number of ether oxygens (including phenoxy) is 1. The number of methoxy groups -OCH3 is 1. The Morgan fingerprint density at radius 1 is 1.15 bits per heavy atom. The number of nitrogens with one attached hydrogen (secondary N) is 1. The predicted octanol–water partition coefficient (Wildman–Crippen LogP) is 4.61. The highest BCUT2D eigenvalue weighted by molar-refractivity contribution is 5.81. The lowest BCUT2D eigenvalue weighted by molar-refractivity contribution is -0.127. The van der Waals surface area contributed by atoms with E-state index in [4.69, 9.17) is 4.74 Å². The van der Waals surface area contributed by atoms with Crippen molar-refractivity contribution in [2.24, 2.45) is 0 Å². The lowest BCUT2D eigenvalue weighted by Gasteiger charge is -2.34. The first-order chi connectivity index (χ1) is 16.1. The maximum Gasteiger partial charge on any atom is 0.237 e. The Hall–Kier alpha value is -3.25. The van der Waals surface area contributed by atoms with Crippen molar-refractivity contribution in [1.29, 1.82) is 0 Å². The quantitative estimate of drug-likeness (QED) is 0.548. The molecular formula is C27H30FN3O2. The van der Waals surface area contributed by atoms with Gasteiger partial charge >= 0.3 is 0 Å². The summed E-state index contributed by atoms with van der Waals surface area (Å²) in [5.74, 6) is 0.439. The van der Waals surface area contributed by atoms with Gasteiger partial charge in [0.25, 0.3) is 0 Å². The molecule has 1 aromatic heterocycles. The van der Waals surface area contributed by atoms with E-state index in [1.54, 1.807) is 19.4 Å². The fraction of sp³-hybridized carbons (Fsp3) is 0.333. The molecule has 33 heavy (non-hydrogen) atoms. The third-order valence-corrected chi connectivity index (χ3v) is 6.13. The number of carbonyl (C=O) groups excluding carboxylic acids is 1. The van der Waals surface area contributed by atoms with Crippen molar-refractivity contribution in [3.05, 3.63) is 83.9 Å². The van der Waals surface area contributed by atoms with Gasteiger partial charge in [0, 0.05) is 37.0 Å². The molecular weight excluding hydrogens is 417 g/mol. The summed E-state index contributed by atoms with van der Waals surface area (Å²) in [6.07, 6.45) is 5.53. The van der Waals surface area contributed by atoms with Gasteiger partial charge in [0.1, 0.15) is 11.6 Å². The van der Waals surface area contributed by atoms with Gasteiger partial charge in [0.2, 0.25) is 5.91 Å². The molecule has 172 valence electrons. The zero-order chi connectivity index (χ0) is 23.0. The van der Waals surface area contributed by atoms with Crippen LogP contribution >= 0.6 is 0 Å². The molecule has 1 aliphatic heterocycles. The maximum atomic E-state index is 13.8. The summed E-state index contributed by atoms with van der Waals surface area (Å²) in [5.41, 5.74) is 3.74. The minimum absolute atomic E-state index is 0.0896. The van der Waals surface area contributed by atoms with Gasteiger partial charge in [-0.05, 0) is 60.8 Å². The molecule has 2 heterocycles. The van der Waals surface area contributed by atoms with Crippen molar-refractivity contribution < 1.29 is 13.9 Å². The van der Waals surface area contributed by atoms with E-state index in [1.807, 2.05) is 42.5 Å². The van der Waals surface area contributed by atoms with Crippen LogP contribution in [0.4, 0.5) is 4.39 Å². The predicted molar refractivity (Wildman–Crippen MR) is 127 cm³/mol. The van der Waals surface area contributed by atoms with E-state index >= 15 is 0 Å². The van der Waals surface area contributed by atoms with Crippen molar-refractivity contribution >= 4 is 5.91 Å². The lowest BCUT2D eigenvalue weighted by atomic mass is 9.99. The van der Waals surface area contributed by atoms with E-state index in [0.29, 0.717) is 18.8 Å². The van der Waals surface area contributed by atoms with E-state index in [9.17, 15) is 9.18 Å². The molecule has 1 amide bonds. The van der Waals surface area contributed by atoms with Gasteiger partial charge < -0.3 is 10.1 Å². The number of benzene rings is 2. The summed E-state index contributed by atoms with van der Waals surface area (Å²) >= 11 is 0. The average molecular weight is 448 g/mol. The van der Waals surface area contributed by atoms with Gasteiger partial charge in [0.15, 0.2) is 0 Å². The molecule has 0 radical (unpaired) electrons. The molecule has 0 aliphatic carbocycles. The topological polar surface area (TPSA) is 54.5 Å². The Labute approximate surface area is 194 Å². The molecule has 1 saturated heterocycles. The molecule has 1 aliphatic rings. The van der Waals surface area contributed by atoms with Crippen LogP contribution in [0.25, 0.3) is 11.1 Å². The van der Waals surface area contributed by atoms with E-state index in [1.165, 1.54) is 12.1 Å². The number of amides is 1. The molecule has 0 bridgehead atoms. The number of likely N-dealkylation sites (tertiary alicyclic amines) is 1. The number of hydrogen-bond acceptors (Lipinski definition) is 4. The third-order valence-electron chi connectivity index (χ3n) is 6.13. The second-order valence-electron chi connectivity index (χ2n) is 8.39. The zero-order valence-corrected chi connectivity index (χ0v) is 19.0. The van der Waals surface area contributed by atoms with Crippen LogP contribution in [-0.2, 0) is 17.8 Å². The molecule has 2 aromatic carbocycles. The van der Waals surface area contributed by atoms with Crippen LogP contribution in [-0.4, -0.2) is 42.0 Å². The number of rotatable bonds is 8. The second kappa shape index (κ2) is 11.1. The fourth-order valence-corrected chi connectivity index (χ4v) is 4.38. The Morgan fingerprint density at radius 2 is 2.00 bits per heavy atom. The molecule has 6 heteroatoms. The van der Waals surface area contributed by atoms with Crippen LogP contribution in [0.1, 0.15) is 30.5 Å². The van der Waals surface area contributed by atoms with Gasteiger partial charge in [-0.25, -0.2) is 4.39 Å². The number of piperidine rings is 1. The van der Waals surface area contributed by atoms with E-state index < -0.39 is 0 Å². The van der Waals surface area contributed by atoms with Crippen LogP contribution in [0.5, 0.6) is 5.75 Å². The zero-order valence-electron chi connectivity index (χ0n) is 19.0. The smallest absolute Gasteiger partial charge is 0.237 e. The van der Waals surface area contributed by atoms with E-state index in [-0.39, 0.29) is 17.8 Å². The minimum Gasteiger partial charge on any atom is -0.496 e. The van der Waals surface area contributed by atoms with Crippen LogP contribution in [0, 0.1) is 5.82 Å². The molecule has 0 saturated carbocycles. The fourth-order valence-electron chi connectivity index (χ4n) is 4.38. The van der Waals surface area contributed by atoms with Crippen LogP contribution < -0.4 is 10.1 Å². The van der Waals surface area contributed by atoms with Crippen LogP contribution in [0.15, 0.2) is 66.9 Å². The minimum atomic E-state index is -0.292. The van der Waals surface area contributed by atoms with Crippen molar-refractivity contribution in [2.75, 3.05) is 20.2 Å². The highest BCUT2D eigenvalue weighted by atomic mass is 19.1. The van der Waals surface area contributed by atoms with Gasteiger partial charge in [-0.3, -0.25) is 14.7 Å². The van der Waals surface area contributed by atoms with Crippen LogP contribution in [0.3, 0.4) is 0 Å². The summed E-state index contributed by atoms with van der Waals surface area (Å²) in [4.78, 5) is 19.5. The standard InChI is InChI=1S/C27H30FN3O2/c1-33-26-13-12-22(28)18-24(26)21-10-8-20(9-11-21)19-31-17-5-3-7-25(31)27(32)30-16-14-23-6-2-4-15-29-23/h2,4,6,8-13,15,18,25H,3,5,7,14,16-17,19H2,1H3,(H,30,32). The maximum absolute atomic E-state index is 13.8. The number of pyridine rings is 1. The third kappa shape index (κ3) is 5.96. The van der Waals surface area contributed by atoms with Gasteiger partial charge in [-0.2, -0.15) is 0 Å². The molecule has 5 nitrogen and oxygen atoms in total. The van der Waals surface area contributed by atoms with E-state index in [2.05, 4.69) is 15.2 Å². The second-order valence-corrected chi connectivity index (χ2v) is 8.39. The van der Waals surface area contributed by atoms with Crippen molar-refractivity contribution in [3.8, 4) is 16.9 Å². The molecule has 1 fully saturated rings. The average Bonchev–Trinajstić information content (AvgIpc) is 2.85. The molecule has 0 spiro atoms. The SMILES string of the molecule is COc1ccc(F)cc1-c1ccc(CN2CCCCC2C(=O)NCCc2ccccn2)cc1. The van der Waals surface area contributed by atoms with E-state index in [0.717, 1.165) is 54.6 Å². The molecule has 4 rings (SSSR count). The van der Waals surface area contributed by atoms with Gasteiger partial charge in [-0.15, -0.1) is 0 Å². The number of halogens is 1.